The number of amides is 3. The molecule has 42 heavy (non-hydrogen) atoms. The van der Waals surface area contributed by atoms with E-state index in [0.29, 0.717) is 50.9 Å². The number of ketones is 3. The molecule has 222 valence electrons. The first-order valence-corrected chi connectivity index (χ1v) is 14.2. The number of nitrogens with zero attached hydrogens (tertiary/aromatic N) is 2. The van der Waals surface area contributed by atoms with Crippen molar-refractivity contribution in [3.8, 4) is 0 Å². The van der Waals surface area contributed by atoms with Gasteiger partial charge in [0.15, 0.2) is 0 Å². The van der Waals surface area contributed by atoms with Crippen LogP contribution in [0.3, 0.4) is 0 Å². The van der Waals surface area contributed by atoms with Crippen molar-refractivity contribution >= 4 is 40.8 Å². The Bertz CT molecular complexity index is 1030. The van der Waals surface area contributed by atoms with Crippen molar-refractivity contribution in [3.63, 3.8) is 0 Å². The topological polar surface area (TPSA) is 152 Å². The molecule has 1 aromatic carbocycles. The zero-order valence-corrected chi connectivity index (χ0v) is 35.3. The molecular weight excluding hydrogens is 685 g/mol. The molecular formula is C30H43N3O7Rb2. The molecule has 0 bridgehead atoms. The Morgan fingerprint density at radius 3 is 2.36 bits per heavy atom. The third-order valence-corrected chi connectivity index (χ3v) is 6.56. The van der Waals surface area contributed by atoms with Gasteiger partial charge in [-0.25, -0.2) is 0 Å². The van der Waals surface area contributed by atoms with E-state index in [0.717, 1.165) is 37.7 Å². The molecule has 1 fully saturated rings. The molecule has 12 heteroatoms. The largest absolute Gasteiger partial charge is 1.00 e. The van der Waals surface area contributed by atoms with Gasteiger partial charge < -0.3 is 35.1 Å². The van der Waals surface area contributed by atoms with E-state index >= 15 is 0 Å². The van der Waals surface area contributed by atoms with Gasteiger partial charge in [0.05, 0.1) is 17.7 Å². The molecule has 3 amide bonds. The molecule has 0 radical (unpaired) electrons. The summed E-state index contributed by atoms with van der Waals surface area (Å²) in [6.45, 7) is 2.86. The first kappa shape index (κ1) is 42.2. The van der Waals surface area contributed by atoms with Crippen LogP contribution in [-0.4, -0.2) is 61.4 Å². The SMILES string of the molecule is CC(=O)CCCCCNC(=O)CCCOCC[N-]C(=O)CC(=O)[N-]c1ccc(CC(=O)C2CCCCC2=O)cc1.[HH].[Rb+].[Rb+]. The molecule has 10 nitrogen and oxygen atoms in total. The summed E-state index contributed by atoms with van der Waals surface area (Å²) < 4.78 is 5.39. The maximum Gasteiger partial charge on any atom is 1.00 e. The van der Waals surface area contributed by atoms with Crippen molar-refractivity contribution in [3.05, 3.63) is 40.5 Å². The van der Waals surface area contributed by atoms with E-state index in [9.17, 15) is 28.8 Å². The van der Waals surface area contributed by atoms with Gasteiger partial charge >= 0.3 is 116 Å². The second kappa shape index (κ2) is 25.4. The molecule has 0 saturated heterocycles. The summed E-state index contributed by atoms with van der Waals surface area (Å²) in [6, 6.07) is 6.61. The van der Waals surface area contributed by atoms with Gasteiger partial charge in [-0.2, -0.15) is 0 Å². The average molecular weight is 729 g/mol. The monoisotopic (exact) mass is 727 g/mol. The van der Waals surface area contributed by atoms with E-state index < -0.39 is 24.2 Å². The minimum atomic E-state index is -0.615. The fraction of sp³-hybridized carbons (Fsp3) is 0.600. The predicted molar refractivity (Wildman–Crippen MR) is 152 cm³/mol. The summed E-state index contributed by atoms with van der Waals surface area (Å²) in [6.07, 6.45) is 6.64. The Hall–Kier alpha value is 0.210. The molecule has 0 aliphatic heterocycles. The number of carbonyl (C=O) groups excluding carboxylic acids is 6. The second-order valence-corrected chi connectivity index (χ2v) is 10.1. The smallest absolute Gasteiger partial charge is 0.651 e. The van der Waals surface area contributed by atoms with Crippen LogP contribution in [0.4, 0.5) is 5.69 Å². The van der Waals surface area contributed by atoms with Crippen LogP contribution in [0.1, 0.15) is 84.5 Å². The van der Waals surface area contributed by atoms with E-state index in [1.165, 1.54) is 0 Å². The molecule has 0 heterocycles. The molecule has 2 rings (SSSR count). The van der Waals surface area contributed by atoms with Gasteiger partial charge in [0.2, 0.25) is 5.91 Å². The summed E-state index contributed by atoms with van der Waals surface area (Å²) in [5.74, 6) is -1.60. The molecule has 0 aromatic heterocycles. The first-order chi connectivity index (χ1) is 19.2. The van der Waals surface area contributed by atoms with E-state index in [-0.39, 0.29) is 161 Å². The first-order valence-electron chi connectivity index (χ1n) is 14.2. The minimum Gasteiger partial charge on any atom is -0.651 e. The van der Waals surface area contributed by atoms with Crippen LogP contribution in [0.2, 0.25) is 0 Å². The fourth-order valence-electron chi connectivity index (χ4n) is 4.37. The Morgan fingerprint density at radius 1 is 0.929 bits per heavy atom. The Balaban J connectivity index is 0. The van der Waals surface area contributed by atoms with Gasteiger partial charge in [-0.15, -0.1) is 12.2 Å². The molecule has 1 atom stereocenters. The fourth-order valence-corrected chi connectivity index (χ4v) is 4.37. The number of nitrogens with one attached hydrogen (secondary N) is 1. The third-order valence-electron chi connectivity index (χ3n) is 6.56. The number of rotatable bonds is 19. The van der Waals surface area contributed by atoms with Crippen molar-refractivity contribution in [2.75, 3.05) is 26.3 Å². The van der Waals surface area contributed by atoms with Gasteiger partial charge in [0, 0.05) is 53.3 Å². The van der Waals surface area contributed by atoms with Gasteiger partial charge in [-0.1, -0.05) is 37.1 Å². The Kier molecular flexibility index (Phi) is 25.5. The Morgan fingerprint density at radius 2 is 1.67 bits per heavy atom. The van der Waals surface area contributed by atoms with E-state index in [4.69, 9.17) is 4.74 Å². The second-order valence-electron chi connectivity index (χ2n) is 10.1. The van der Waals surface area contributed by atoms with Crippen molar-refractivity contribution in [2.45, 2.75) is 84.0 Å². The van der Waals surface area contributed by atoms with Crippen LogP contribution in [0.25, 0.3) is 10.6 Å². The minimum absolute atomic E-state index is 0. The van der Waals surface area contributed by atoms with Crippen molar-refractivity contribution in [2.24, 2.45) is 5.92 Å². The summed E-state index contributed by atoms with van der Waals surface area (Å²) in [4.78, 5) is 71.1. The van der Waals surface area contributed by atoms with Gasteiger partial charge in [-0.3, -0.25) is 14.4 Å². The maximum atomic E-state index is 12.4. The number of hydrogen-bond acceptors (Lipinski definition) is 7. The number of benzene rings is 1. The Labute approximate surface area is 348 Å². The molecule has 1 N–H and O–H groups in total. The summed E-state index contributed by atoms with van der Waals surface area (Å²) >= 11 is 0. The summed E-state index contributed by atoms with van der Waals surface area (Å²) in [5, 5.41) is 10.5. The standard InChI is InChI=1S/C30H43N3O7.2Rb.H2/c1-22(34)8-3-2-6-16-31-28(37)11-7-18-40-19-17-32-29(38)21-30(39)33-24-14-12-23(13-15-24)20-27(36)25-9-4-5-10-26(25)35;;;/h12-15,25H,2-11,16-21H2,1H3,(H3,31,32,33,37,38,39);;;1H/q;2*+1;/p-2. The van der Waals surface area contributed by atoms with Crippen LogP contribution < -0.4 is 122 Å². The van der Waals surface area contributed by atoms with E-state index in [2.05, 4.69) is 16.0 Å². The summed E-state index contributed by atoms with van der Waals surface area (Å²) in [7, 11) is 0. The maximum absolute atomic E-state index is 12.4. The molecule has 1 aromatic rings. The molecule has 1 aliphatic carbocycles. The third kappa shape index (κ3) is 19.6. The van der Waals surface area contributed by atoms with E-state index in [1.54, 1.807) is 31.2 Å². The van der Waals surface area contributed by atoms with Crippen LogP contribution in [0.15, 0.2) is 24.3 Å². The van der Waals surface area contributed by atoms with Crippen LogP contribution in [0, 0.1) is 5.92 Å². The van der Waals surface area contributed by atoms with Crippen LogP contribution in [-0.2, 0) is 39.9 Å². The number of hydrogen-bond donors (Lipinski definition) is 1. The number of carbonyl (C=O) groups is 6. The predicted octanol–water partition coefficient (Wildman–Crippen LogP) is -1.30. The quantitative estimate of drug-likeness (QED) is 0.137. The zero-order chi connectivity index (χ0) is 29.2. The zero-order valence-electron chi connectivity index (χ0n) is 25.5. The normalized spacial score (nSPS) is 14.1. The molecule has 0 spiro atoms. The van der Waals surface area contributed by atoms with Crippen molar-refractivity contribution in [1.29, 1.82) is 0 Å². The number of ether oxygens (including phenoxy) is 1. The summed E-state index contributed by atoms with van der Waals surface area (Å²) in [5.41, 5.74) is 1.13. The average Bonchev–Trinajstić information content (AvgIpc) is 2.91. The van der Waals surface area contributed by atoms with Gasteiger partial charge in [-0.05, 0) is 44.6 Å². The van der Waals surface area contributed by atoms with Crippen LogP contribution in [0.5, 0.6) is 0 Å². The van der Waals surface area contributed by atoms with Gasteiger partial charge in [0.25, 0.3) is 0 Å². The van der Waals surface area contributed by atoms with Crippen LogP contribution >= 0.6 is 0 Å². The van der Waals surface area contributed by atoms with Gasteiger partial charge in [0.1, 0.15) is 17.3 Å². The number of Topliss-reactive ketones (excluding diaryl/α,β-unsaturated/α-hetero) is 3. The molecule has 1 unspecified atom stereocenters. The molecule has 1 aliphatic rings. The van der Waals surface area contributed by atoms with Crippen molar-refractivity contribution in [1.82, 2.24) is 5.32 Å². The van der Waals surface area contributed by atoms with Crippen molar-refractivity contribution < 1.29 is 151 Å². The van der Waals surface area contributed by atoms with E-state index in [1.807, 2.05) is 0 Å². The molecule has 1 saturated carbocycles. The number of unbranched alkanes of at least 4 members (excludes halogenated alkanes) is 2.